The molecular weight excluding hydrogens is 449 g/mol. The number of nitrogens with one attached hydrogen (secondary N) is 3. The number of amides is 3. The van der Waals surface area contributed by atoms with E-state index in [2.05, 4.69) is 21.2 Å². The zero-order valence-electron chi connectivity index (χ0n) is 17.4. The summed E-state index contributed by atoms with van der Waals surface area (Å²) in [6.07, 6.45) is 1.48. The highest BCUT2D eigenvalue weighted by Crippen LogP contribution is 2.21. The van der Waals surface area contributed by atoms with Gasteiger partial charge in [-0.1, -0.05) is 29.3 Å². The second kappa shape index (κ2) is 10.7. The van der Waals surface area contributed by atoms with Crippen molar-refractivity contribution in [1.82, 2.24) is 5.43 Å². The second-order valence-electron chi connectivity index (χ2n) is 6.97. The molecule has 0 aliphatic heterocycles. The average molecular weight is 470 g/mol. The Bertz CT molecular complexity index is 1150. The van der Waals surface area contributed by atoms with Crippen LogP contribution in [-0.4, -0.2) is 32.2 Å². The summed E-state index contributed by atoms with van der Waals surface area (Å²) in [4.78, 5) is 26.3. The molecule has 0 bridgehead atoms. The topological polar surface area (TPSA) is 85.8 Å². The maximum absolute atomic E-state index is 12.3. The number of hydrogen-bond donors (Lipinski definition) is 3. The Balaban J connectivity index is 1.54. The highest BCUT2D eigenvalue weighted by atomic mass is 35.5. The molecule has 0 aromatic heterocycles. The summed E-state index contributed by atoms with van der Waals surface area (Å²) in [5, 5.41) is 10.4. The molecular formula is C23H21Cl2N5O2. The summed E-state index contributed by atoms with van der Waals surface area (Å²) >= 11 is 12.2. The molecule has 3 aromatic carbocycles. The van der Waals surface area contributed by atoms with Crippen molar-refractivity contribution in [3.05, 3.63) is 87.9 Å². The molecule has 3 aromatic rings. The smallest absolute Gasteiger partial charge is 0.323 e. The van der Waals surface area contributed by atoms with Crippen LogP contribution in [0.15, 0.2) is 71.8 Å². The second-order valence-corrected chi connectivity index (χ2v) is 7.81. The lowest BCUT2D eigenvalue weighted by Crippen LogP contribution is -2.20. The first-order valence-corrected chi connectivity index (χ1v) is 10.3. The van der Waals surface area contributed by atoms with Gasteiger partial charge in [0.2, 0.25) is 0 Å². The van der Waals surface area contributed by atoms with Crippen LogP contribution in [0, 0.1) is 0 Å². The van der Waals surface area contributed by atoms with Crippen LogP contribution in [0.25, 0.3) is 0 Å². The van der Waals surface area contributed by atoms with Crippen LogP contribution in [0.2, 0.25) is 10.0 Å². The van der Waals surface area contributed by atoms with Crippen LogP contribution in [0.1, 0.15) is 15.9 Å². The quantitative estimate of drug-likeness (QED) is 0.330. The van der Waals surface area contributed by atoms with E-state index in [9.17, 15) is 9.59 Å². The lowest BCUT2D eigenvalue weighted by molar-refractivity contribution is 0.0955. The number of benzene rings is 3. The number of rotatable bonds is 6. The Morgan fingerprint density at radius 3 is 2.28 bits per heavy atom. The van der Waals surface area contributed by atoms with Gasteiger partial charge in [0.05, 0.1) is 11.2 Å². The first kappa shape index (κ1) is 23.1. The first-order chi connectivity index (χ1) is 15.3. The molecule has 32 heavy (non-hydrogen) atoms. The third-order valence-corrected chi connectivity index (χ3v) is 4.92. The molecule has 0 aliphatic rings. The van der Waals surface area contributed by atoms with Gasteiger partial charge in [-0.25, -0.2) is 10.2 Å². The number of urea groups is 1. The van der Waals surface area contributed by atoms with Gasteiger partial charge in [-0.2, -0.15) is 5.10 Å². The van der Waals surface area contributed by atoms with E-state index in [4.69, 9.17) is 23.2 Å². The van der Waals surface area contributed by atoms with Crippen molar-refractivity contribution in [2.24, 2.45) is 5.10 Å². The summed E-state index contributed by atoms with van der Waals surface area (Å²) in [5.74, 6) is -0.391. The van der Waals surface area contributed by atoms with Gasteiger partial charge in [0.1, 0.15) is 0 Å². The van der Waals surface area contributed by atoms with Crippen LogP contribution in [0.3, 0.4) is 0 Å². The van der Waals surface area contributed by atoms with E-state index in [-0.39, 0.29) is 0 Å². The summed E-state index contributed by atoms with van der Waals surface area (Å²) in [6, 6.07) is 18.3. The summed E-state index contributed by atoms with van der Waals surface area (Å²) in [6.45, 7) is 0. The van der Waals surface area contributed by atoms with Crippen molar-refractivity contribution in [3.8, 4) is 0 Å². The Kier molecular flexibility index (Phi) is 7.70. The van der Waals surface area contributed by atoms with Gasteiger partial charge in [-0.3, -0.25) is 4.79 Å². The first-order valence-electron chi connectivity index (χ1n) is 9.56. The molecule has 0 fully saturated rings. The zero-order chi connectivity index (χ0) is 23.1. The lowest BCUT2D eigenvalue weighted by atomic mass is 10.2. The third-order valence-electron chi connectivity index (χ3n) is 4.36. The number of anilines is 3. The predicted molar refractivity (Wildman–Crippen MR) is 131 cm³/mol. The molecule has 9 heteroatoms. The molecule has 0 heterocycles. The molecule has 3 N–H and O–H groups in total. The minimum Gasteiger partial charge on any atom is -0.378 e. The zero-order valence-corrected chi connectivity index (χ0v) is 18.9. The molecule has 0 spiro atoms. The van der Waals surface area contributed by atoms with Crippen LogP contribution < -0.4 is 21.0 Å². The van der Waals surface area contributed by atoms with E-state index in [1.165, 1.54) is 6.21 Å². The minimum absolute atomic E-state index is 0.386. The van der Waals surface area contributed by atoms with E-state index >= 15 is 0 Å². The molecule has 0 saturated heterocycles. The number of hydrogen-bond acceptors (Lipinski definition) is 4. The van der Waals surface area contributed by atoms with E-state index < -0.39 is 11.9 Å². The van der Waals surface area contributed by atoms with E-state index in [0.29, 0.717) is 32.5 Å². The molecule has 0 atom stereocenters. The van der Waals surface area contributed by atoms with E-state index in [1.54, 1.807) is 48.5 Å². The fraction of sp³-hybridized carbons (Fsp3) is 0.0870. The highest BCUT2D eigenvalue weighted by Gasteiger charge is 2.07. The van der Waals surface area contributed by atoms with Crippen molar-refractivity contribution >= 4 is 58.4 Å². The number of halogens is 2. The number of hydrazone groups is 1. The highest BCUT2D eigenvalue weighted by molar-refractivity contribution is 6.33. The molecule has 0 aliphatic carbocycles. The van der Waals surface area contributed by atoms with Gasteiger partial charge in [0.15, 0.2) is 0 Å². The van der Waals surface area contributed by atoms with Gasteiger partial charge in [0.25, 0.3) is 5.91 Å². The van der Waals surface area contributed by atoms with Crippen LogP contribution in [0.4, 0.5) is 21.9 Å². The number of nitrogens with zero attached hydrogens (tertiary/aromatic N) is 2. The molecule has 3 rings (SSSR count). The largest absolute Gasteiger partial charge is 0.378 e. The van der Waals surface area contributed by atoms with Gasteiger partial charge in [-0.05, 0) is 60.7 Å². The maximum Gasteiger partial charge on any atom is 0.323 e. The molecule has 0 saturated carbocycles. The third kappa shape index (κ3) is 6.47. The predicted octanol–water partition coefficient (Wildman–Crippen LogP) is 5.47. The maximum atomic E-state index is 12.3. The van der Waals surface area contributed by atoms with Crippen molar-refractivity contribution in [2.45, 2.75) is 0 Å². The normalized spacial score (nSPS) is 10.6. The fourth-order valence-corrected chi connectivity index (χ4v) is 3.10. The van der Waals surface area contributed by atoms with Crippen LogP contribution in [0.5, 0.6) is 0 Å². The van der Waals surface area contributed by atoms with Crippen LogP contribution in [-0.2, 0) is 0 Å². The van der Waals surface area contributed by atoms with Crippen LogP contribution >= 0.6 is 23.2 Å². The van der Waals surface area contributed by atoms with E-state index in [0.717, 1.165) is 5.69 Å². The SMILES string of the molecule is CN(C)c1ccc(C=NNC(=O)c2ccc(NC(=O)Nc3cccc(Cl)c3)cc2)c(Cl)c1. The van der Waals surface area contributed by atoms with Crippen molar-refractivity contribution in [1.29, 1.82) is 0 Å². The van der Waals surface area contributed by atoms with Crippen molar-refractivity contribution < 1.29 is 9.59 Å². The van der Waals surface area contributed by atoms with Crippen molar-refractivity contribution in [2.75, 3.05) is 29.6 Å². The number of carbonyl (C=O) groups excluding carboxylic acids is 2. The van der Waals surface area contributed by atoms with Gasteiger partial charge in [-0.15, -0.1) is 0 Å². The molecule has 3 amide bonds. The van der Waals surface area contributed by atoms with E-state index in [1.807, 2.05) is 37.2 Å². The lowest BCUT2D eigenvalue weighted by Gasteiger charge is -2.13. The summed E-state index contributed by atoms with van der Waals surface area (Å²) in [7, 11) is 3.85. The molecule has 0 unspecified atom stereocenters. The molecule has 0 radical (unpaired) electrons. The fourth-order valence-electron chi connectivity index (χ4n) is 2.69. The average Bonchev–Trinajstić information content (AvgIpc) is 2.75. The van der Waals surface area contributed by atoms with Gasteiger partial charge < -0.3 is 15.5 Å². The monoisotopic (exact) mass is 469 g/mol. The van der Waals surface area contributed by atoms with Gasteiger partial charge >= 0.3 is 6.03 Å². The molecule has 7 nitrogen and oxygen atoms in total. The Hall–Kier alpha value is -3.55. The standard InChI is InChI=1S/C23H21Cl2N5O2/c1-30(2)20-11-8-16(21(25)13-20)14-26-29-22(31)15-6-9-18(10-7-15)27-23(32)28-19-5-3-4-17(24)12-19/h3-14H,1-2H3,(H,29,31)(H2,27,28,32). The Labute approximate surface area is 196 Å². The van der Waals surface area contributed by atoms with Gasteiger partial charge in [0, 0.05) is 47.3 Å². The Morgan fingerprint density at radius 1 is 0.906 bits per heavy atom. The summed E-state index contributed by atoms with van der Waals surface area (Å²) in [5.41, 5.74) is 5.59. The minimum atomic E-state index is -0.425. The van der Waals surface area contributed by atoms with Crippen molar-refractivity contribution in [3.63, 3.8) is 0 Å². The Morgan fingerprint density at radius 2 is 1.62 bits per heavy atom. The summed E-state index contributed by atoms with van der Waals surface area (Å²) < 4.78 is 0. The molecule has 164 valence electrons. The number of carbonyl (C=O) groups is 2.